The van der Waals surface area contributed by atoms with E-state index in [1.165, 1.54) is 0 Å². The summed E-state index contributed by atoms with van der Waals surface area (Å²) in [5.41, 5.74) is 5.12. The lowest BCUT2D eigenvalue weighted by Crippen LogP contribution is -2.48. The number of piperazine rings is 1. The third kappa shape index (κ3) is 4.53. The second kappa shape index (κ2) is 9.37. The lowest BCUT2D eigenvalue weighted by molar-refractivity contribution is 0.0630. The van der Waals surface area contributed by atoms with Crippen LogP contribution in [0.3, 0.4) is 0 Å². The van der Waals surface area contributed by atoms with E-state index in [1.54, 1.807) is 10.7 Å². The quantitative estimate of drug-likeness (QED) is 0.391. The summed E-state index contributed by atoms with van der Waals surface area (Å²) >= 11 is 12.4. The van der Waals surface area contributed by atoms with Gasteiger partial charge in [0.1, 0.15) is 0 Å². The molecule has 2 aromatic heterocycles. The predicted octanol–water partition coefficient (Wildman–Crippen LogP) is 5.21. The Morgan fingerprint density at radius 2 is 1.79 bits per heavy atom. The maximum Gasteiger partial charge on any atom is 0.254 e. The van der Waals surface area contributed by atoms with Crippen LogP contribution in [0.25, 0.3) is 22.2 Å². The standard InChI is InChI=1S/C26H25Cl2N5O/c1-17-22(16-31(2)30-17)25-14-21(20-5-3-4-6-24(20)29-25)26(34)33-11-9-32(10-12-33)15-18-7-8-19(27)13-23(18)28/h3-8,13-14,16H,9-12,15H2,1-2H3. The highest BCUT2D eigenvalue weighted by Gasteiger charge is 2.25. The molecule has 1 amide bonds. The van der Waals surface area contributed by atoms with E-state index in [-0.39, 0.29) is 5.91 Å². The summed E-state index contributed by atoms with van der Waals surface area (Å²) in [4.78, 5) is 22.7. The van der Waals surface area contributed by atoms with E-state index >= 15 is 0 Å². The number of carbonyl (C=O) groups is 1. The minimum absolute atomic E-state index is 0.0329. The number of aryl methyl sites for hydroxylation is 2. The van der Waals surface area contributed by atoms with Gasteiger partial charge in [0.05, 0.1) is 22.5 Å². The average molecular weight is 494 g/mol. The van der Waals surface area contributed by atoms with Gasteiger partial charge in [0.25, 0.3) is 5.91 Å². The molecule has 0 saturated carbocycles. The molecule has 1 fully saturated rings. The first-order chi connectivity index (χ1) is 16.4. The van der Waals surface area contributed by atoms with Gasteiger partial charge >= 0.3 is 0 Å². The lowest BCUT2D eigenvalue weighted by Gasteiger charge is -2.35. The van der Waals surface area contributed by atoms with E-state index in [4.69, 9.17) is 28.2 Å². The third-order valence-electron chi connectivity index (χ3n) is 6.30. The highest BCUT2D eigenvalue weighted by molar-refractivity contribution is 6.35. The Morgan fingerprint density at radius 3 is 2.50 bits per heavy atom. The number of amides is 1. The molecule has 0 spiro atoms. The molecule has 174 valence electrons. The van der Waals surface area contributed by atoms with Crippen LogP contribution in [-0.4, -0.2) is 56.7 Å². The zero-order chi connectivity index (χ0) is 23.8. The number of carbonyl (C=O) groups excluding carboxylic acids is 1. The first-order valence-electron chi connectivity index (χ1n) is 11.2. The molecule has 0 atom stereocenters. The average Bonchev–Trinajstić information content (AvgIpc) is 3.18. The number of benzene rings is 2. The van der Waals surface area contributed by atoms with Gasteiger partial charge in [-0.1, -0.05) is 47.5 Å². The van der Waals surface area contributed by atoms with Gasteiger partial charge < -0.3 is 4.90 Å². The maximum absolute atomic E-state index is 13.7. The van der Waals surface area contributed by atoms with Crippen molar-refractivity contribution in [2.24, 2.45) is 7.05 Å². The number of hydrogen-bond acceptors (Lipinski definition) is 4. The second-order valence-electron chi connectivity index (χ2n) is 8.68. The van der Waals surface area contributed by atoms with Crippen molar-refractivity contribution in [3.63, 3.8) is 0 Å². The smallest absolute Gasteiger partial charge is 0.254 e. The summed E-state index contributed by atoms with van der Waals surface area (Å²) in [6.07, 6.45) is 1.95. The zero-order valence-electron chi connectivity index (χ0n) is 19.1. The molecule has 0 aliphatic carbocycles. The molecule has 0 unspecified atom stereocenters. The summed E-state index contributed by atoms with van der Waals surface area (Å²) in [7, 11) is 1.89. The van der Waals surface area contributed by atoms with E-state index in [0.29, 0.717) is 28.7 Å². The predicted molar refractivity (Wildman–Crippen MR) is 136 cm³/mol. The van der Waals surface area contributed by atoms with Gasteiger partial charge in [0, 0.05) is 67.0 Å². The zero-order valence-corrected chi connectivity index (χ0v) is 20.6. The molecule has 1 aliphatic rings. The van der Waals surface area contributed by atoms with Crippen molar-refractivity contribution in [3.8, 4) is 11.3 Å². The van der Waals surface area contributed by atoms with E-state index < -0.39 is 0 Å². The fourth-order valence-electron chi connectivity index (χ4n) is 4.51. The molecule has 0 radical (unpaired) electrons. The Labute approximate surface area is 208 Å². The van der Waals surface area contributed by atoms with Crippen LogP contribution in [0.1, 0.15) is 21.6 Å². The molecular formula is C26H25Cl2N5O. The van der Waals surface area contributed by atoms with Crippen molar-refractivity contribution in [1.82, 2.24) is 24.6 Å². The third-order valence-corrected chi connectivity index (χ3v) is 6.89. The van der Waals surface area contributed by atoms with Gasteiger partial charge in [-0.15, -0.1) is 0 Å². The Bertz CT molecular complexity index is 1380. The summed E-state index contributed by atoms with van der Waals surface area (Å²) in [6.45, 7) is 5.56. The molecule has 1 aliphatic heterocycles. The van der Waals surface area contributed by atoms with Gasteiger partial charge in [-0.2, -0.15) is 5.10 Å². The van der Waals surface area contributed by atoms with Gasteiger partial charge in [-0.3, -0.25) is 14.4 Å². The maximum atomic E-state index is 13.7. The van der Waals surface area contributed by atoms with E-state index in [2.05, 4.69) is 10.00 Å². The number of pyridine rings is 1. The molecule has 0 bridgehead atoms. The lowest BCUT2D eigenvalue weighted by atomic mass is 10.0. The van der Waals surface area contributed by atoms with E-state index in [9.17, 15) is 4.79 Å². The minimum Gasteiger partial charge on any atom is -0.336 e. The summed E-state index contributed by atoms with van der Waals surface area (Å²) in [6, 6.07) is 15.3. The van der Waals surface area contributed by atoms with Crippen LogP contribution in [0.5, 0.6) is 0 Å². The summed E-state index contributed by atoms with van der Waals surface area (Å²) < 4.78 is 1.77. The molecule has 3 heterocycles. The molecule has 5 rings (SSSR count). The van der Waals surface area contributed by atoms with Crippen LogP contribution in [0.15, 0.2) is 54.7 Å². The number of aromatic nitrogens is 3. The number of hydrogen-bond donors (Lipinski definition) is 0. The molecule has 8 heteroatoms. The van der Waals surface area contributed by atoms with Crippen molar-refractivity contribution in [1.29, 1.82) is 0 Å². The van der Waals surface area contributed by atoms with Crippen molar-refractivity contribution >= 4 is 40.0 Å². The van der Waals surface area contributed by atoms with Crippen LogP contribution in [-0.2, 0) is 13.6 Å². The Kier molecular flexibility index (Phi) is 6.30. The second-order valence-corrected chi connectivity index (χ2v) is 9.52. The number of fused-ring (bicyclic) bond motifs is 1. The number of para-hydroxylation sites is 1. The molecule has 0 N–H and O–H groups in total. The summed E-state index contributed by atoms with van der Waals surface area (Å²) in [5, 5.41) is 6.62. The largest absolute Gasteiger partial charge is 0.336 e. The first kappa shape index (κ1) is 22.8. The fourth-order valence-corrected chi connectivity index (χ4v) is 4.98. The molecule has 1 saturated heterocycles. The van der Waals surface area contributed by atoms with Crippen molar-refractivity contribution in [3.05, 3.63) is 81.6 Å². The molecule has 6 nitrogen and oxygen atoms in total. The summed E-state index contributed by atoms with van der Waals surface area (Å²) in [5.74, 6) is 0.0329. The fraction of sp³-hybridized carbons (Fsp3) is 0.269. The van der Waals surface area contributed by atoms with Crippen molar-refractivity contribution in [2.75, 3.05) is 26.2 Å². The number of nitrogens with zero attached hydrogens (tertiary/aromatic N) is 5. The Balaban J connectivity index is 1.38. The van der Waals surface area contributed by atoms with Gasteiger partial charge in [0.15, 0.2) is 0 Å². The number of halogens is 2. The van der Waals surface area contributed by atoms with Crippen molar-refractivity contribution < 1.29 is 4.79 Å². The molecule has 2 aromatic carbocycles. The minimum atomic E-state index is 0.0329. The van der Waals surface area contributed by atoms with Gasteiger partial charge in [-0.05, 0) is 36.8 Å². The van der Waals surface area contributed by atoms with Gasteiger partial charge in [0.2, 0.25) is 0 Å². The van der Waals surface area contributed by atoms with Crippen molar-refractivity contribution in [2.45, 2.75) is 13.5 Å². The number of rotatable bonds is 4. The molecule has 34 heavy (non-hydrogen) atoms. The van der Waals surface area contributed by atoms with Crippen LogP contribution >= 0.6 is 23.2 Å². The normalized spacial score (nSPS) is 14.6. The van der Waals surface area contributed by atoms with Crippen LogP contribution < -0.4 is 0 Å². The first-order valence-corrected chi connectivity index (χ1v) is 12.0. The van der Waals surface area contributed by atoms with E-state index in [0.717, 1.165) is 53.1 Å². The molecular weight excluding hydrogens is 469 g/mol. The Hall–Kier alpha value is -2.93. The van der Waals surface area contributed by atoms with E-state index in [1.807, 2.05) is 67.5 Å². The monoisotopic (exact) mass is 493 g/mol. The van der Waals surface area contributed by atoms with Crippen LogP contribution in [0.4, 0.5) is 0 Å². The Morgan fingerprint density at radius 1 is 1.03 bits per heavy atom. The molecule has 4 aromatic rings. The van der Waals surface area contributed by atoms with Crippen LogP contribution in [0, 0.1) is 6.92 Å². The highest BCUT2D eigenvalue weighted by atomic mass is 35.5. The van der Waals surface area contributed by atoms with Gasteiger partial charge in [-0.25, -0.2) is 4.98 Å². The SMILES string of the molecule is Cc1nn(C)cc1-c1cc(C(=O)N2CCN(Cc3ccc(Cl)cc3Cl)CC2)c2ccccc2n1. The van der Waals surface area contributed by atoms with Crippen LogP contribution in [0.2, 0.25) is 10.0 Å². The topological polar surface area (TPSA) is 54.3 Å². The highest BCUT2D eigenvalue weighted by Crippen LogP contribution is 2.28.